The predicted octanol–water partition coefficient (Wildman–Crippen LogP) is -2.18. The number of imidazole rings is 1. The van der Waals surface area contributed by atoms with Gasteiger partial charge in [-0.1, -0.05) is 6.58 Å². The van der Waals surface area contributed by atoms with Crippen molar-refractivity contribution >= 4 is 5.97 Å². The Morgan fingerprint density at radius 3 is 2.88 bits per heavy atom. The van der Waals surface area contributed by atoms with Gasteiger partial charge in [-0.15, -0.1) is 0 Å². The van der Waals surface area contributed by atoms with Gasteiger partial charge in [0.25, 0.3) is 0 Å². The summed E-state index contributed by atoms with van der Waals surface area (Å²) in [5.41, 5.74) is 0. The lowest BCUT2D eigenvalue weighted by Crippen LogP contribution is -3.00. The highest BCUT2D eigenvalue weighted by Gasteiger charge is 2.08. The topological polar surface area (TPSA) is 35.1 Å². The molecule has 4 nitrogen and oxygen atoms in total. The fourth-order valence-electron chi connectivity index (χ4n) is 1.27. The zero-order valence-corrected chi connectivity index (χ0v) is 11.2. The quantitative estimate of drug-likeness (QED) is 0.351. The van der Waals surface area contributed by atoms with Gasteiger partial charge in [-0.25, -0.2) is 13.9 Å². The van der Waals surface area contributed by atoms with E-state index >= 15 is 0 Å². The Morgan fingerprint density at radius 2 is 2.38 bits per heavy atom. The number of carbonyl (C=O) groups is 1. The molecule has 5 heteroatoms. The highest BCUT2D eigenvalue weighted by atomic mass is 79.9. The van der Waals surface area contributed by atoms with E-state index in [1.807, 2.05) is 37.3 Å². The molecule has 1 unspecified atom stereocenters. The van der Waals surface area contributed by atoms with E-state index in [0.717, 1.165) is 13.0 Å². The lowest BCUT2D eigenvalue weighted by molar-refractivity contribution is -0.671. The number of ether oxygens (including phenoxy) is 1. The number of hydrogen-bond donors (Lipinski definition) is 0. The van der Waals surface area contributed by atoms with Gasteiger partial charge in [0.05, 0.1) is 13.6 Å². The molecule has 1 aromatic rings. The van der Waals surface area contributed by atoms with E-state index in [-0.39, 0.29) is 29.1 Å². The Balaban J connectivity index is 0.00000225. The lowest BCUT2D eigenvalue weighted by atomic mass is 10.3. The molecule has 1 heterocycles. The standard InChI is InChI=1S/C11H17N2O2.BrH/c1-4-11(14)15-10(2)5-6-13-8-7-12(3)9-13;/h4,7-10H,1,5-6H2,2-3H3;1H/q+1;/p-1. The van der Waals surface area contributed by atoms with Crippen LogP contribution in [0.2, 0.25) is 0 Å². The van der Waals surface area contributed by atoms with Crippen LogP contribution in [0.25, 0.3) is 0 Å². The largest absolute Gasteiger partial charge is 1.00 e. The van der Waals surface area contributed by atoms with Crippen molar-refractivity contribution in [2.45, 2.75) is 26.0 Å². The second-order valence-electron chi connectivity index (χ2n) is 3.56. The third kappa shape index (κ3) is 5.11. The molecule has 1 rings (SSSR count). The van der Waals surface area contributed by atoms with Gasteiger partial charge >= 0.3 is 5.97 Å². The SMILES string of the molecule is C=CC(=O)OC(C)CCn1cc[n+](C)c1.[Br-]. The first-order valence-electron chi connectivity index (χ1n) is 4.96. The molecule has 0 saturated heterocycles. The zero-order chi connectivity index (χ0) is 11.3. The predicted molar refractivity (Wildman–Crippen MR) is 56.0 cm³/mol. The second-order valence-corrected chi connectivity index (χ2v) is 3.56. The number of carbonyl (C=O) groups excluding carboxylic acids is 1. The highest BCUT2D eigenvalue weighted by Crippen LogP contribution is 2.00. The molecule has 90 valence electrons. The number of rotatable bonds is 5. The molecule has 0 spiro atoms. The Kier molecular flexibility index (Phi) is 6.72. The van der Waals surface area contributed by atoms with Crippen LogP contribution in [0.1, 0.15) is 13.3 Å². The van der Waals surface area contributed by atoms with E-state index in [2.05, 4.69) is 11.1 Å². The van der Waals surface area contributed by atoms with Gasteiger partial charge in [-0.3, -0.25) is 0 Å². The van der Waals surface area contributed by atoms with E-state index in [1.54, 1.807) is 0 Å². The minimum atomic E-state index is -0.361. The van der Waals surface area contributed by atoms with E-state index < -0.39 is 0 Å². The van der Waals surface area contributed by atoms with Crippen molar-refractivity contribution in [3.63, 3.8) is 0 Å². The van der Waals surface area contributed by atoms with Crippen LogP contribution >= 0.6 is 0 Å². The average Bonchev–Trinajstić information content (AvgIpc) is 2.61. The molecule has 0 aliphatic heterocycles. The Bertz CT molecular complexity index is 350. The number of nitrogens with zero attached hydrogens (tertiary/aromatic N) is 2. The zero-order valence-electron chi connectivity index (χ0n) is 9.60. The summed E-state index contributed by atoms with van der Waals surface area (Å²) in [4.78, 5) is 10.9. The van der Waals surface area contributed by atoms with Crippen LogP contribution in [0.5, 0.6) is 0 Å². The van der Waals surface area contributed by atoms with Gasteiger partial charge in [0.1, 0.15) is 18.5 Å². The van der Waals surface area contributed by atoms with E-state index in [9.17, 15) is 4.79 Å². The summed E-state index contributed by atoms with van der Waals surface area (Å²) in [5.74, 6) is -0.361. The van der Waals surface area contributed by atoms with Crippen LogP contribution in [-0.4, -0.2) is 16.6 Å². The normalized spacial score (nSPS) is 11.4. The molecule has 0 amide bonds. The van der Waals surface area contributed by atoms with Crippen molar-refractivity contribution in [1.29, 1.82) is 0 Å². The van der Waals surface area contributed by atoms with Crippen LogP contribution in [0.3, 0.4) is 0 Å². The lowest BCUT2D eigenvalue weighted by Gasteiger charge is -2.09. The molecule has 0 fully saturated rings. The first-order valence-corrected chi connectivity index (χ1v) is 4.96. The number of halogens is 1. The summed E-state index contributed by atoms with van der Waals surface area (Å²) in [6.07, 6.45) is 7.86. The van der Waals surface area contributed by atoms with Crippen LogP contribution < -0.4 is 21.5 Å². The molecule has 1 atom stereocenters. The summed E-state index contributed by atoms with van der Waals surface area (Å²) in [6.45, 7) is 6.07. The fraction of sp³-hybridized carbons (Fsp3) is 0.455. The number of aromatic nitrogens is 2. The molecule has 1 aromatic heterocycles. The monoisotopic (exact) mass is 288 g/mol. The molecule has 0 aliphatic carbocycles. The smallest absolute Gasteiger partial charge is 0.330 e. The van der Waals surface area contributed by atoms with Crippen molar-refractivity contribution < 1.29 is 31.1 Å². The van der Waals surface area contributed by atoms with Crippen molar-refractivity contribution in [2.24, 2.45) is 7.05 Å². The maximum atomic E-state index is 10.9. The Morgan fingerprint density at radius 1 is 1.69 bits per heavy atom. The second kappa shape index (κ2) is 7.22. The van der Waals surface area contributed by atoms with Crippen molar-refractivity contribution in [1.82, 2.24) is 4.57 Å². The van der Waals surface area contributed by atoms with E-state index in [0.29, 0.717) is 0 Å². The first-order chi connectivity index (χ1) is 7.11. The van der Waals surface area contributed by atoms with Crippen LogP contribution in [0.15, 0.2) is 31.4 Å². The van der Waals surface area contributed by atoms with Gasteiger partial charge in [0.15, 0.2) is 0 Å². The third-order valence-corrected chi connectivity index (χ3v) is 2.10. The number of esters is 1. The van der Waals surface area contributed by atoms with Crippen molar-refractivity contribution in [3.8, 4) is 0 Å². The first kappa shape index (κ1) is 14.9. The molecular formula is C11H17BrN2O2. The third-order valence-electron chi connectivity index (χ3n) is 2.10. The van der Waals surface area contributed by atoms with Crippen LogP contribution in [0.4, 0.5) is 0 Å². The minimum Gasteiger partial charge on any atom is -1.00 e. The average molecular weight is 289 g/mol. The number of aryl methyl sites for hydroxylation is 2. The molecule has 0 bridgehead atoms. The molecule has 0 N–H and O–H groups in total. The highest BCUT2D eigenvalue weighted by molar-refractivity contribution is 5.81. The Labute approximate surface area is 106 Å². The minimum absolute atomic E-state index is 0. The summed E-state index contributed by atoms with van der Waals surface area (Å²) >= 11 is 0. The molecular weight excluding hydrogens is 272 g/mol. The van der Waals surface area contributed by atoms with Gasteiger partial charge in [-0.05, 0) is 6.92 Å². The van der Waals surface area contributed by atoms with E-state index in [1.165, 1.54) is 6.08 Å². The molecule has 0 aliphatic rings. The van der Waals surface area contributed by atoms with Gasteiger partial charge < -0.3 is 21.7 Å². The van der Waals surface area contributed by atoms with Gasteiger partial charge in [0.2, 0.25) is 6.33 Å². The number of hydrogen-bond acceptors (Lipinski definition) is 2. The summed E-state index contributed by atoms with van der Waals surface area (Å²) < 4.78 is 9.08. The van der Waals surface area contributed by atoms with E-state index in [4.69, 9.17) is 4.74 Å². The van der Waals surface area contributed by atoms with Gasteiger partial charge in [0, 0.05) is 12.5 Å². The molecule has 16 heavy (non-hydrogen) atoms. The maximum Gasteiger partial charge on any atom is 0.330 e. The van der Waals surface area contributed by atoms with Crippen LogP contribution in [-0.2, 0) is 23.1 Å². The molecule has 0 saturated carbocycles. The molecule has 0 radical (unpaired) electrons. The molecule has 0 aromatic carbocycles. The fourth-order valence-corrected chi connectivity index (χ4v) is 1.27. The van der Waals surface area contributed by atoms with Crippen molar-refractivity contribution in [3.05, 3.63) is 31.4 Å². The summed E-state index contributed by atoms with van der Waals surface area (Å²) in [5, 5.41) is 0. The Hall–Kier alpha value is -1.10. The summed E-state index contributed by atoms with van der Waals surface area (Å²) in [6, 6.07) is 0. The van der Waals surface area contributed by atoms with Gasteiger partial charge in [-0.2, -0.15) is 0 Å². The summed E-state index contributed by atoms with van der Waals surface area (Å²) in [7, 11) is 1.97. The van der Waals surface area contributed by atoms with Crippen molar-refractivity contribution in [2.75, 3.05) is 0 Å². The van der Waals surface area contributed by atoms with Crippen LogP contribution in [0, 0.1) is 0 Å². The maximum absolute atomic E-state index is 10.9.